The van der Waals surface area contributed by atoms with Gasteiger partial charge in [0, 0.05) is 25.2 Å². The van der Waals surface area contributed by atoms with E-state index in [1.54, 1.807) is 11.0 Å². The van der Waals surface area contributed by atoms with Gasteiger partial charge in [-0.05, 0) is 31.0 Å². The second-order valence-corrected chi connectivity index (χ2v) is 7.04. The Morgan fingerprint density at radius 3 is 2.54 bits per heavy atom. The van der Waals surface area contributed by atoms with E-state index in [0.717, 1.165) is 11.1 Å². The fourth-order valence-electron chi connectivity index (χ4n) is 3.16. The number of amides is 2. The van der Waals surface area contributed by atoms with E-state index in [2.05, 4.69) is 5.32 Å². The number of aryl methyl sites for hydroxylation is 1. The lowest BCUT2D eigenvalue weighted by Gasteiger charge is -2.18. The lowest BCUT2D eigenvalue weighted by Crippen LogP contribution is -2.33. The van der Waals surface area contributed by atoms with E-state index in [1.165, 1.54) is 6.92 Å². The maximum Gasteiger partial charge on any atom is 0.312 e. The van der Waals surface area contributed by atoms with Gasteiger partial charge >= 0.3 is 5.97 Å². The van der Waals surface area contributed by atoms with Crippen LogP contribution in [0.1, 0.15) is 24.5 Å². The Morgan fingerprint density at radius 1 is 1.14 bits per heavy atom. The summed E-state index contributed by atoms with van der Waals surface area (Å²) in [6.07, 6.45) is -0.831. The summed E-state index contributed by atoms with van der Waals surface area (Å²) in [5.74, 6) is -1.54. The molecule has 2 atom stereocenters. The van der Waals surface area contributed by atoms with Crippen LogP contribution in [0.4, 0.5) is 5.69 Å². The molecule has 1 heterocycles. The fourth-order valence-corrected chi connectivity index (χ4v) is 3.16. The van der Waals surface area contributed by atoms with Gasteiger partial charge in [-0.25, -0.2) is 0 Å². The van der Waals surface area contributed by atoms with Crippen molar-refractivity contribution in [2.24, 2.45) is 5.92 Å². The van der Waals surface area contributed by atoms with Gasteiger partial charge in [-0.15, -0.1) is 0 Å². The van der Waals surface area contributed by atoms with Crippen molar-refractivity contribution < 1.29 is 19.1 Å². The number of para-hydroxylation sites is 1. The van der Waals surface area contributed by atoms with Crippen LogP contribution in [0.15, 0.2) is 54.6 Å². The van der Waals surface area contributed by atoms with Crippen LogP contribution >= 0.6 is 0 Å². The number of rotatable bonds is 6. The predicted molar refractivity (Wildman–Crippen MR) is 105 cm³/mol. The quantitative estimate of drug-likeness (QED) is 0.782. The number of anilines is 1. The van der Waals surface area contributed by atoms with E-state index >= 15 is 0 Å². The van der Waals surface area contributed by atoms with Gasteiger partial charge in [-0.2, -0.15) is 0 Å². The Hall–Kier alpha value is -3.15. The standard InChI is InChI=1S/C22H24N2O4/c1-15-8-6-7-11-19(15)23-21(26)16(2)28-22(27)18-12-20(25)24(14-18)13-17-9-4-3-5-10-17/h3-11,16,18H,12-14H2,1-2H3,(H,23,26)/t16-,18-/m1/s1. The van der Waals surface area contributed by atoms with Crippen LogP contribution < -0.4 is 5.32 Å². The molecule has 1 N–H and O–H groups in total. The second kappa shape index (κ2) is 8.69. The number of likely N-dealkylation sites (tertiary alicyclic amines) is 1. The third-order valence-corrected chi connectivity index (χ3v) is 4.83. The number of nitrogens with zero attached hydrogens (tertiary/aromatic N) is 1. The lowest BCUT2D eigenvalue weighted by atomic mass is 10.1. The molecule has 1 aliphatic rings. The van der Waals surface area contributed by atoms with Crippen molar-refractivity contribution in [2.75, 3.05) is 11.9 Å². The number of carbonyl (C=O) groups excluding carboxylic acids is 3. The van der Waals surface area contributed by atoms with Crippen molar-refractivity contribution in [1.82, 2.24) is 4.90 Å². The predicted octanol–water partition coefficient (Wildman–Crippen LogP) is 2.91. The van der Waals surface area contributed by atoms with Crippen LogP contribution in [-0.4, -0.2) is 35.3 Å². The monoisotopic (exact) mass is 380 g/mol. The first kappa shape index (κ1) is 19.6. The molecule has 6 nitrogen and oxygen atoms in total. The molecule has 2 aromatic rings. The van der Waals surface area contributed by atoms with Gasteiger partial charge in [0.1, 0.15) is 0 Å². The SMILES string of the molecule is Cc1ccccc1NC(=O)[C@@H](C)OC(=O)[C@@H]1CC(=O)N(Cc2ccccc2)C1. The zero-order chi connectivity index (χ0) is 20.1. The summed E-state index contributed by atoms with van der Waals surface area (Å²) in [5.41, 5.74) is 2.61. The van der Waals surface area contributed by atoms with Crippen LogP contribution in [0.3, 0.4) is 0 Å². The molecule has 2 aromatic carbocycles. The van der Waals surface area contributed by atoms with Crippen molar-refractivity contribution in [3.8, 4) is 0 Å². The summed E-state index contributed by atoms with van der Waals surface area (Å²) in [7, 11) is 0. The third-order valence-electron chi connectivity index (χ3n) is 4.83. The molecule has 0 aliphatic carbocycles. The highest BCUT2D eigenvalue weighted by Crippen LogP contribution is 2.22. The van der Waals surface area contributed by atoms with Crippen LogP contribution in [0.2, 0.25) is 0 Å². The fraction of sp³-hybridized carbons (Fsp3) is 0.318. The Bertz CT molecular complexity index is 866. The van der Waals surface area contributed by atoms with E-state index in [4.69, 9.17) is 4.74 Å². The average molecular weight is 380 g/mol. The van der Waals surface area contributed by atoms with Crippen molar-refractivity contribution >= 4 is 23.5 Å². The van der Waals surface area contributed by atoms with Crippen LogP contribution in [-0.2, 0) is 25.7 Å². The maximum atomic E-state index is 12.4. The number of benzene rings is 2. The number of hydrogen-bond donors (Lipinski definition) is 1. The molecule has 1 saturated heterocycles. The number of hydrogen-bond acceptors (Lipinski definition) is 4. The first-order chi connectivity index (χ1) is 13.4. The van der Waals surface area contributed by atoms with Gasteiger partial charge in [0.25, 0.3) is 5.91 Å². The minimum Gasteiger partial charge on any atom is -0.452 e. The zero-order valence-corrected chi connectivity index (χ0v) is 16.1. The molecule has 146 valence electrons. The van der Waals surface area contributed by atoms with Crippen molar-refractivity contribution in [1.29, 1.82) is 0 Å². The van der Waals surface area contributed by atoms with E-state index in [0.29, 0.717) is 18.8 Å². The van der Waals surface area contributed by atoms with Crippen LogP contribution in [0, 0.1) is 12.8 Å². The first-order valence-electron chi connectivity index (χ1n) is 9.32. The van der Waals surface area contributed by atoms with Gasteiger partial charge in [-0.1, -0.05) is 48.5 Å². The summed E-state index contributed by atoms with van der Waals surface area (Å²) in [6, 6.07) is 17.0. The van der Waals surface area contributed by atoms with Gasteiger partial charge in [-0.3, -0.25) is 14.4 Å². The summed E-state index contributed by atoms with van der Waals surface area (Å²) in [6.45, 7) is 4.19. The van der Waals surface area contributed by atoms with Gasteiger partial charge < -0.3 is 15.0 Å². The van der Waals surface area contributed by atoms with Crippen LogP contribution in [0.25, 0.3) is 0 Å². The Morgan fingerprint density at radius 2 is 1.82 bits per heavy atom. The molecule has 0 aromatic heterocycles. The minimum atomic E-state index is -0.939. The Balaban J connectivity index is 1.53. The summed E-state index contributed by atoms with van der Waals surface area (Å²) < 4.78 is 5.33. The van der Waals surface area contributed by atoms with Crippen molar-refractivity contribution in [3.05, 3.63) is 65.7 Å². The topological polar surface area (TPSA) is 75.7 Å². The first-order valence-corrected chi connectivity index (χ1v) is 9.32. The van der Waals surface area contributed by atoms with Gasteiger partial charge in [0.15, 0.2) is 6.10 Å². The molecule has 1 fully saturated rings. The maximum absolute atomic E-state index is 12.4. The Labute approximate surface area is 164 Å². The number of carbonyl (C=O) groups is 3. The number of ether oxygens (including phenoxy) is 1. The molecule has 0 unspecified atom stereocenters. The minimum absolute atomic E-state index is 0.0807. The molecule has 28 heavy (non-hydrogen) atoms. The molecule has 0 radical (unpaired) electrons. The molecule has 0 spiro atoms. The van der Waals surface area contributed by atoms with E-state index < -0.39 is 23.9 Å². The molecule has 6 heteroatoms. The molecular formula is C22H24N2O4. The van der Waals surface area contributed by atoms with Crippen molar-refractivity contribution in [2.45, 2.75) is 32.9 Å². The van der Waals surface area contributed by atoms with Gasteiger partial charge in [0.05, 0.1) is 5.92 Å². The molecule has 3 rings (SSSR count). The van der Waals surface area contributed by atoms with Crippen molar-refractivity contribution in [3.63, 3.8) is 0 Å². The normalized spacial score (nSPS) is 17.3. The highest BCUT2D eigenvalue weighted by molar-refractivity contribution is 5.96. The second-order valence-electron chi connectivity index (χ2n) is 7.04. The zero-order valence-electron chi connectivity index (χ0n) is 16.1. The van der Waals surface area contributed by atoms with E-state index in [9.17, 15) is 14.4 Å². The summed E-state index contributed by atoms with van der Waals surface area (Å²) in [4.78, 5) is 38.6. The molecule has 0 saturated carbocycles. The molecule has 0 bridgehead atoms. The highest BCUT2D eigenvalue weighted by Gasteiger charge is 2.36. The average Bonchev–Trinajstić information content (AvgIpc) is 3.05. The number of nitrogens with one attached hydrogen (secondary N) is 1. The Kier molecular flexibility index (Phi) is 6.09. The van der Waals surface area contributed by atoms with Crippen LogP contribution in [0.5, 0.6) is 0 Å². The third kappa shape index (κ3) is 4.76. The smallest absolute Gasteiger partial charge is 0.312 e. The highest BCUT2D eigenvalue weighted by atomic mass is 16.5. The molecule has 2 amide bonds. The van der Waals surface area contributed by atoms with Gasteiger partial charge in [0.2, 0.25) is 5.91 Å². The lowest BCUT2D eigenvalue weighted by molar-refractivity contribution is -0.157. The largest absolute Gasteiger partial charge is 0.452 e. The van der Waals surface area contributed by atoms with E-state index in [1.807, 2.05) is 55.5 Å². The molecular weight excluding hydrogens is 356 g/mol. The van der Waals surface area contributed by atoms with E-state index in [-0.39, 0.29) is 12.3 Å². The summed E-state index contributed by atoms with van der Waals surface area (Å²) in [5, 5.41) is 2.76. The number of esters is 1. The molecule has 1 aliphatic heterocycles. The summed E-state index contributed by atoms with van der Waals surface area (Å²) >= 11 is 0.